The normalized spacial score (nSPS) is 12.8. The third kappa shape index (κ3) is 5.95. The molecule has 4 rings (SSSR count). The van der Waals surface area contributed by atoms with Crippen LogP contribution in [0.3, 0.4) is 0 Å². The molecule has 0 unspecified atom stereocenters. The number of aromatic amines is 1. The summed E-state index contributed by atoms with van der Waals surface area (Å²) in [6.45, 7) is 7.27. The van der Waals surface area contributed by atoms with Crippen molar-refractivity contribution in [3.63, 3.8) is 0 Å². The molecule has 3 N–H and O–H groups in total. The summed E-state index contributed by atoms with van der Waals surface area (Å²) in [5.74, 6) is -0.134. The van der Waals surface area contributed by atoms with Gasteiger partial charge in [0.05, 0.1) is 27.9 Å². The maximum Gasteiger partial charge on any atom is 0.408 e. The SMILES string of the molecule is C[C@H](NC(=O)OC(C)(C)C)c1ccc(N=C(c2ccccc2)c2c(O)[nH]c3ccc([N+](=O)[O-])cc23)cc1. The minimum atomic E-state index is -0.593. The average Bonchev–Trinajstić information content (AvgIpc) is 3.16. The molecule has 0 saturated carbocycles. The molecule has 3 aromatic carbocycles. The smallest absolute Gasteiger partial charge is 0.408 e. The number of rotatable bonds is 6. The number of carbonyl (C=O) groups is 1. The summed E-state index contributed by atoms with van der Waals surface area (Å²) in [4.78, 5) is 30.7. The standard InChI is InChI=1S/C28H28N4O5/c1-17(29-27(34)37-28(2,3)4)18-10-12-20(13-11-18)30-25(19-8-6-5-7-9-19)24-22-16-21(32(35)36)14-15-23(22)31-26(24)33/h5-17,31,33H,1-4H3,(H,29,34)/t17-/m0/s1. The first kappa shape index (κ1) is 25.4. The van der Waals surface area contributed by atoms with E-state index >= 15 is 0 Å². The first-order chi connectivity index (χ1) is 17.5. The van der Waals surface area contributed by atoms with E-state index in [9.17, 15) is 20.0 Å². The molecule has 1 aromatic heterocycles. The summed E-state index contributed by atoms with van der Waals surface area (Å²) in [5.41, 5.74) is 2.89. The lowest BCUT2D eigenvalue weighted by atomic mass is 10.0. The van der Waals surface area contributed by atoms with E-state index in [-0.39, 0.29) is 17.6 Å². The van der Waals surface area contributed by atoms with E-state index in [2.05, 4.69) is 10.3 Å². The van der Waals surface area contributed by atoms with Gasteiger partial charge in [0.2, 0.25) is 0 Å². The Bertz CT molecular complexity index is 1470. The molecule has 190 valence electrons. The van der Waals surface area contributed by atoms with Gasteiger partial charge in [0.1, 0.15) is 5.60 Å². The van der Waals surface area contributed by atoms with Crippen molar-refractivity contribution in [2.24, 2.45) is 4.99 Å². The first-order valence-corrected chi connectivity index (χ1v) is 11.7. The van der Waals surface area contributed by atoms with E-state index in [4.69, 9.17) is 9.73 Å². The van der Waals surface area contributed by atoms with E-state index in [0.29, 0.717) is 27.9 Å². The van der Waals surface area contributed by atoms with Crippen LogP contribution in [0.1, 0.15) is 50.4 Å². The highest BCUT2D eigenvalue weighted by Crippen LogP contribution is 2.33. The Balaban J connectivity index is 1.72. The number of non-ortho nitro benzene ring substituents is 1. The zero-order chi connectivity index (χ0) is 26.7. The minimum absolute atomic E-state index is 0.0870. The van der Waals surface area contributed by atoms with Gasteiger partial charge >= 0.3 is 6.09 Å². The highest BCUT2D eigenvalue weighted by Gasteiger charge is 2.21. The van der Waals surface area contributed by atoms with Gasteiger partial charge in [-0.25, -0.2) is 9.79 Å². The molecule has 0 spiro atoms. The molecule has 0 aliphatic rings. The zero-order valence-corrected chi connectivity index (χ0v) is 21.0. The molecule has 0 saturated heterocycles. The van der Waals surface area contributed by atoms with Gasteiger partial charge in [0, 0.05) is 28.6 Å². The number of fused-ring (bicyclic) bond motifs is 1. The molecule has 4 aromatic rings. The third-order valence-electron chi connectivity index (χ3n) is 5.62. The molecule has 0 aliphatic heterocycles. The number of hydrogen-bond donors (Lipinski definition) is 3. The molecule has 1 heterocycles. The van der Waals surface area contributed by atoms with Crippen molar-refractivity contribution in [1.29, 1.82) is 0 Å². The molecule has 1 atom stereocenters. The Morgan fingerprint density at radius 3 is 2.38 bits per heavy atom. The Labute approximate surface area is 214 Å². The van der Waals surface area contributed by atoms with Crippen molar-refractivity contribution in [2.75, 3.05) is 0 Å². The summed E-state index contributed by atoms with van der Waals surface area (Å²) in [6, 6.07) is 20.7. The number of ether oxygens (including phenoxy) is 1. The van der Waals surface area contributed by atoms with Crippen molar-refractivity contribution in [2.45, 2.75) is 39.3 Å². The van der Waals surface area contributed by atoms with E-state index < -0.39 is 16.6 Å². The number of aromatic nitrogens is 1. The van der Waals surface area contributed by atoms with Crippen molar-refractivity contribution in [3.8, 4) is 5.88 Å². The predicted octanol–water partition coefficient (Wildman–Crippen LogP) is 6.54. The molecular weight excluding hydrogens is 472 g/mol. The van der Waals surface area contributed by atoms with Gasteiger partial charge in [0.15, 0.2) is 5.88 Å². The Morgan fingerprint density at radius 2 is 1.76 bits per heavy atom. The Morgan fingerprint density at radius 1 is 1.08 bits per heavy atom. The predicted molar refractivity (Wildman–Crippen MR) is 143 cm³/mol. The van der Waals surface area contributed by atoms with E-state index in [0.717, 1.165) is 11.1 Å². The number of aromatic hydroxyl groups is 1. The van der Waals surface area contributed by atoms with Crippen LogP contribution in [0.2, 0.25) is 0 Å². The van der Waals surface area contributed by atoms with Gasteiger partial charge in [-0.1, -0.05) is 42.5 Å². The number of carbonyl (C=O) groups excluding carboxylic acids is 1. The molecule has 0 fully saturated rings. The van der Waals surface area contributed by atoms with Gasteiger partial charge < -0.3 is 20.1 Å². The number of amides is 1. The maximum absolute atomic E-state index is 12.1. The summed E-state index contributed by atoms with van der Waals surface area (Å²) in [5, 5.41) is 25.5. The topological polar surface area (TPSA) is 130 Å². The molecule has 0 bridgehead atoms. The number of nitrogens with one attached hydrogen (secondary N) is 2. The van der Waals surface area contributed by atoms with Crippen molar-refractivity contribution in [1.82, 2.24) is 10.3 Å². The van der Waals surface area contributed by atoms with Gasteiger partial charge in [0.25, 0.3) is 5.69 Å². The summed E-state index contributed by atoms with van der Waals surface area (Å²) >= 11 is 0. The number of aliphatic imine (C=N–C) groups is 1. The number of H-pyrrole nitrogens is 1. The van der Waals surface area contributed by atoms with Crippen molar-refractivity contribution in [3.05, 3.63) is 99.6 Å². The second-order valence-corrected chi connectivity index (χ2v) is 9.62. The van der Waals surface area contributed by atoms with Crippen LogP contribution < -0.4 is 5.32 Å². The molecule has 37 heavy (non-hydrogen) atoms. The number of hydrogen-bond acceptors (Lipinski definition) is 6. The monoisotopic (exact) mass is 500 g/mol. The fraction of sp³-hybridized carbons (Fsp3) is 0.214. The second-order valence-electron chi connectivity index (χ2n) is 9.62. The number of nitro groups is 1. The van der Waals surface area contributed by atoms with Gasteiger partial charge in [-0.15, -0.1) is 0 Å². The lowest BCUT2D eigenvalue weighted by molar-refractivity contribution is -0.384. The molecule has 9 nitrogen and oxygen atoms in total. The molecule has 0 aliphatic carbocycles. The van der Waals surface area contributed by atoms with Crippen molar-refractivity contribution < 1.29 is 19.6 Å². The van der Waals surface area contributed by atoms with E-state index in [1.807, 2.05) is 49.4 Å². The summed E-state index contributed by atoms with van der Waals surface area (Å²) in [7, 11) is 0. The van der Waals surface area contributed by atoms with Crippen LogP contribution in [-0.4, -0.2) is 32.4 Å². The van der Waals surface area contributed by atoms with Crippen LogP contribution in [0.15, 0.2) is 77.8 Å². The lowest BCUT2D eigenvalue weighted by Gasteiger charge is -2.22. The number of benzene rings is 3. The number of alkyl carbamates (subject to hydrolysis) is 1. The highest BCUT2D eigenvalue weighted by atomic mass is 16.6. The van der Waals surface area contributed by atoms with Gasteiger partial charge in [-0.3, -0.25) is 10.1 Å². The van der Waals surface area contributed by atoms with Crippen LogP contribution >= 0.6 is 0 Å². The van der Waals surface area contributed by atoms with Gasteiger partial charge in [-0.05, 0) is 51.5 Å². The number of nitro benzene ring substituents is 1. The first-order valence-electron chi connectivity index (χ1n) is 11.7. The maximum atomic E-state index is 12.1. The van der Waals surface area contributed by atoms with Crippen LogP contribution in [0.25, 0.3) is 10.9 Å². The van der Waals surface area contributed by atoms with Crippen LogP contribution in [-0.2, 0) is 4.74 Å². The third-order valence-corrected chi connectivity index (χ3v) is 5.62. The lowest BCUT2D eigenvalue weighted by Crippen LogP contribution is -2.34. The van der Waals surface area contributed by atoms with Crippen LogP contribution in [0, 0.1) is 10.1 Å². The van der Waals surface area contributed by atoms with Gasteiger partial charge in [-0.2, -0.15) is 0 Å². The molecule has 0 radical (unpaired) electrons. The van der Waals surface area contributed by atoms with E-state index in [1.54, 1.807) is 39.0 Å². The van der Waals surface area contributed by atoms with Crippen LogP contribution in [0.4, 0.5) is 16.2 Å². The fourth-order valence-electron chi connectivity index (χ4n) is 3.91. The largest absolute Gasteiger partial charge is 0.494 e. The second kappa shape index (κ2) is 10.1. The van der Waals surface area contributed by atoms with Crippen molar-refractivity contribution >= 4 is 34.1 Å². The molecule has 1 amide bonds. The quantitative estimate of drug-likeness (QED) is 0.157. The number of nitrogens with zero attached hydrogens (tertiary/aromatic N) is 2. The highest BCUT2D eigenvalue weighted by molar-refractivity contribution is 6.22. The zero-order valence-electron chi connectivity index (χ0n) is 21.0. The molecular formula is C28H28N4O5. The summed E-state index contributed by atoms with van der Waals surface area (Å²) < 4.78 is 5.33. The molecule has 9 heteroatoms. The summed E-state index contributed by atoms with van der Waals surface area (Å²) in [6.07, 6.45) is -0.502. The van der Waals surface area contributed by atoms with E-state index in [1.165, 1.54) is 12.1 Å². The Kier molecular flexibility index (Phi) is 6.97. The fourth-order valence-corrected chi connectivity index (χ4v) is 3.91. The minimum Gasteiger partial charge on any atom is -0.494 e. The average molecular weight is 501 g/mol. The Hall–Kier alpha value is -4.66. The van der Waals surface area contributed by atoms with Crippen LogP contribution in [0.5, 0.6) is 5.88 Å².